The molecule has 2 aromatic rings. The molecule has 2 rings (SSSR count). The van der Waals surface area contributed by atoms with E-state index in [1.807, 2.05) is 18.2 Å². The van der Waals surface area contributed by atoms with Gasteiger partial charge < -0.3 is 9.52 Å². The molecule has 1 N–H and O–H groups in total. The molecule has 82 valence electrons. The largest absolute Gasteiger partial charge is 0.475 e. The van der Waals surface area contributed by atoms with E-state index in [0.717, 1.165) is 5.39 Å². The molecular formula is C12H10O4. The van der Waals surface area contributed by atoms with Crippen LogP contribution in [0.1, 0.15) is 11.3 Å². The zero-order chi connectivity index (χ0) is 11.7. The van der Waals surface area contributed by atoms with Crippen molar-refractivity contribution in [3.05, 3.63) is 35.6 Å². The van der Waals surface area contributed by atoms with Gasteiger partial charge in [0.25, 0.3) is 0 Å². The summed E-state index contributed by atoms with van der Waals surface area (Å²) in [4.78, 5) is 21.7. The standard InChI is InChI=1S/C12H10O4/c1-7-9(6-10(13)12(14)15)8-4-2-3-5-11(8)16-7/h2-5H,6H2,1H3,(H,14,15). The normalized spacial score (nSPS) is 10.6. The lowest BCUT2D eigenvalue weighted by atomic mass is 10.1. The molecule has 0 radical (unpaired) electrons. The fourth-order valence-electron chi connectivity index (χ4n) is 1.68. The smallest absolute Gasteiger partial charge is 0.372 e. The highest BCUT2D eigenvalue weighted by Gasteiger charge is 2.18. The zero-order valence-electron chi connectivity index (χ0n) is 8.69. The molecule has 4 nitrogen and oxygen atoms in total. The van der Waals surface area contributed by atoms with Gasteiger partial charge in [0.1, 0.15) is 11.3 Å². The molecule has 16 heavy (non-hydrogen) atoms. The molecular weight excluding hydrogens is 208 g/mol. The molecule has 0 saturated carbocycles. The molecule has 0 unspecified atom stereocenters. The Morgan fingerprint density at radius 1 is 1.31 bits per heavy atom. The highest BCUT2D eigenvalue weighted by molar-refractivity contribution is 6.33. The van der Waals surface area contributed by atoms with Crippen LogP contribution in [-0.2, 0) is 16.0 Å². The molecule has 0 saturated heterocycles. The number of rotatable bonds is 3. The van der Waals surface area contributed by atoms with E-state index in [2.05, 4.69) is 0 Å². The quantitative estimate of drug-likeness (QED) is 0.799. The lowest BCUT2D eigenvalue weighted by molar-refractivity contribution is -0.148. The van der Waals surface area contributed by atoms with Crippen LogP contribution >= 0.6 is 0 Å². The summed E-state index contributed by atoms with van der Waals surface area (Å²) in [6.07, 6.45) is -0.127. The van der Waals surface area contributed by atoms with Crippen LogP contribution in [0.15, 0.2) is 28.7 Å². The second kappa shape index (κ2) is 3.81. The molecule has 0 spiro atoms. The molecule has 4 heteroatoms. The number of furan rings is 1. The monoisotopic (exact) mass is 218 g/mol. The summed E-state index contributed by atoms with van der Waals surface area (Å²) in [5.41, 5.74) is 1.33. The van der Waals surface area contributed by atoms with Crippen LogP contribution < -0.4 is 0 Å². The summed E-state index contributed by atoms with van der Waals surface area (Å²) in [6.45, 7) is 1.73. The van der Waals surface area contributed by atoms with Crippen molar-refractivity contribution in [2.75, 3.05) is 0 Å². The molecule has 0 bridgehead atoms. The molecule has 1 heterocycles. The molecule has 0 aliphatic carbocycles. The Labute approximate surface area is 91.5 Å². The van der Waals surface area contributed by atoms with Gasteiger partial charge in [0.15, 0.2) is 0 Å². The van der Waals surface area contributed by atoms with Crippen molar-refractivity contribution in [3.63, 3.8) is 0 Å². The van der Waals surface area contributed by atoms with Gasteiger partial charge in [-0.25, -0.2) is 4.79 Å². The van der Waals surface area contributed by atoms with Gasteiger partial charge in [0.2, 0.25) is 5.78 Å². The SMILES string of the molecule is Cc1oc2ccccc2c1CC(=O)C(=O)O. The topological polar surface area (TPSA) is 67.5 Å². The highest BCUT2D eigenvalue weighted by atomic mass is 16.4. The van der Waals surface area contributed by atoms with Crippen molar-refractivity contribution in [1.82, 2.24) is 0 Å². The summed E-state index contributed by atoms with van der Waals surface area (Å²) in [7, 11) is 0. The van der Waals surface area contributed by atoms with Crippen molar-refractivity contribution < 1.29 is 19.1 Å². The third kappa shape index (κ3) is 1.69. The van der Waals surface area contributed by atoms with Crippen LogP contribution in [0.4, 0.5) is 0 Å². The number of Topliss-reactive ketones (excluding diaryl/α,β-unsaturated/α-hetero) is 1. The minimum Gasteiger partial charge on any atom is -0.475 e. The molecule has 0 aliphatic heterocycles. The first kappa shape index (κ1) is 10.4. The van der Waals surface area contributed by atoms with Crippen molar-refractivity contribution >= 4 is 22.7 Å². The first-order valence-corrected chi connectivity index (χ1v) is 4.82. The minimum absolute atomic E-state index is 0.127. The average Bonchev–Trinajstić information content (AvgIpc) is 2.55. The summed E-state index contributed by atoms with van der Waals surface area (Å²) in [5.74, 6) is -1.64. The van der Waals surface area contributed by atoms with E-state index in [4.69, 9.17) is 9.52 Å². The number of hydrogen-bond acceptors (Lipinski definition) is 3. The van der Waals surface area contributed by atoms with E-state index >= 15 is 0 Å². The van der Waals surface area contributed by atoms with E-state index in [9.17, 15) is 9.59 Å². The van der Waals surface area contributed by atoms with Crippen LogP contribution in [-0.4, -0.2) is 16.9 Å². The third-order valence-electron chi connectivity index (χ3n) is 2.48. The number of fused-ring (bicyclic) bond motifs is 1. The lowest BCUT2D eigenvalue weighted by Gasteiger charge is -1.95. The number of carbonyl (C=O) groups is 2. The van der Waals surface area contributed by atoms with Crippen molar-refractivity contribution in [1.29, 1.82) is 0 Å². The Kier molecular flexibility index (Phi) is 2.48. The minimum atomic E-state index is -1.41. The van der Waals surface area contributed by atoms with Gasteiger partial charge >= 0.3 is 5.97 Å². The number of aliphatic carboxylic acids is 1. The fourth-order valence-corrected chi connectivity index (χ4v) is 1.68. The second-order valence-electron chi connectivity index (χ2n) is 3.54. The van der Waals surface area contributed by atoms with Crippen molar-refractivity contribution in [3.8, 4) is 0 Å². The number of benzene rings is 1. The number of carboxylic acid groups (broad SMARTS) is 1. The second-order valence-corrected chi connectivity index (χ2v) is 3.54. The molecule has 1 aromatic heterocycles. The first-order valence-electron chi connectivity index (χ1n) is 4.82. The summed E-state index contributed by atoms with van der Waals surface area (Å²) in [6, 6.07) is 7.26. The Balaban J connectivity index is 2.47. The number of ketones is 1. The Morgan fingerprint density at radius 3 is 2.69 bits per heavy atom. The Bertz CT molecular complexity index is 565. The van der Waals surface area contributed by atoms with Gasteiger partial charge in [-0.15, -0.1) is 0 Å². The average molecular weight is 218 g/mol. The molecule has 0 aliphatic rings. The number of aryl methyl sites for hydroxylation is 1. The third-order valence-corrected chi connectivity index (χ3v) is 2.48. The maximum atomic E-state index is 11.2. The van der Waals surface area contributed by atoms with E-state index in [-0.39, 0.29) is 6.42 Å². The van der Waals surface area contributed by atoms with E-state index in [0.29, 0.717) is 16.9 Å². The van der Waals surface area contributed by atoms with Gasteiger partial charge in [0.05, 0.1) is 0 Å². The molecule has 0 fully saturated rings. The van der Waals surface area contributed by atoms with Crippen molar-refractivity contribution in [2.24, 2.45) is 0 Å². The first-order chi connectivity index (χ1) is 7.59. The number of carbonyl (C=O) groups excluding carboxylic acids is 1. The van der Waals surface area contributed by atoms with Crippen LogP contribution in [0.25, 0.3) is 11.0 Å². The summed E-state index contributed by atoms with van der Waals surface area (Å²) in [5, 5.41) is 9.36. The highest BCUT2D eigenvalue weighted by Crippen LogP contribution is 2.25. The van der Waals surface area contributed by atoms with Crippen molar-refractivity contribution in [2.45, 2.75) is 13.3 Å². The maximum absolute atomic E-state index is 11.2. The van der Waals surface area contributed by atoms with Crippen LogP contribution in [0, 0.1) is 6.92 Å². The van der Waals surface area contributed by atoms with Gasteiger partial charge in [-0.05, 0) is 13.0 Å². The van der Waals surface area contributed by atoms with E-state index < -0.39 is 11.8 Å². The molecule has 0 atom stereocenters. The van der Waals surface area contributed by atoms with Crippen LogP contribution in [0.3, 0.4) is 0 Å². The summed E-state index contributed by atoms with van der Waals surface area (Å²) >= 11 is 0. The Hall–Kier alpha value is -2.10. The van der Waals surface area contributed by atoms with Gasteiger partial charge in [-0.1, -0.05) is 18.2 Å². The Morgan fingerprint density at radius 2 is 2.00 bits per heavy atom. The summed E-state index contributed by atoms with van der Waals surface area (Å²) < 4.78 is 5.43. The number of hydrogen-bond donors (Lipinski definition) is 1. The fraction of sp³-hybridized carbons (Fsp3) is 0.167. The molecule has 0 amide bonds. The predicted octanol–water partition coefficient (Wildman–Crippen LogP) is 1.94. The molecule has 1 aromatic carbocycles. The maximum Gasteiger partial charge on any atom is 0.372 e. The van der Waals surface area contributed by atoms with E-state index in [1.54, 1.807) is 13.0 Å². The van der Waals surface area contributed by atoms with Gasteiger partial charge in [-0.3, -0.25) is 4.79 Å². The zero-order valence-corrected chi connectivity index (χ0v) is 8.69. The number of para-hydroxylation sites is 1. The van der Waals surface area contributed by atoms with Gasteiger partial charge in [0, 0.05) is 17.4 Å². The van der Waals surface area contributed by atoms with Crippen LogP contribution in [0.2, 0.25) is 0 Å². The van der Waals surface area contributed by atoms with Gasteiger partial charge in [-0.2, -0.15) is 0 Å². The van der Waals surface area contributed by atoms with E-state index in [1.165, 1.54) is 0 Å². The number of carboxylic acids is 1. The van der Waals surface area contributed by atoms with Crippen LogP contribution in [0.5, 0.6) is 0 Å². The lowest BCUT2D eigenvalue weighted by Crippen LogP contribution is -2.15. The predicted molar refractivity (Wildman–Crippen MR) is 57.3 cm³/mol.